The SMILES string of the molecule is CC1CN(c2ncc(C(=O)N(C)c3cccc(C(F)(F)F)c3)c(N)n2)C(=O)N1. The Labute approximate surface area is 158 Å². The summed E-state index contributed by atoms with van der Waals surface area (Å²) in [6, 6.07) is 3.87. The normalized spacial score (nSPS) is 16.8. The molecule has 11 heteroatoms. The van der Waals surface area contributed by atoms with E-state index in [0.717, 1.165) is 23.2 Å². The van der Waals surface area contributed by atoms with Crippen LogP contribution >= 0.6 is 0 Å². The lowest BCUT2D eigenvalue weighted by molar-refractivity contribution is -0.137. The predicted octanol–water partition coefficient (Wildman–Crippen LogP) is 2.27. The lowest BCUT2D eigenvalue weighted by Crippen LogP contribution is -2.31. The highest BCUT2D eigenvalue weighted by molar-refractivity contribution is 6.08. The van der Waals surface area contributed by atoms with Gasteiger partial charge in [-0.3, -0.25) is 9.69 Å². The van der Waals surface area contributed by atoms with Crippen LogP contribution < -0.4 is 20.9 Å². The molecule has 28 heavy (non-hydrogen) atoms. The van der Waals surface area contributed by atoms with Crippen LogP contribution in [-0.2, 0) is 6.18 Å². The van der Waals surface area contributed by atoms with Gasteiger partial charge in [0.1, 0.15) is 11.4 Å². The maximum Gasteiger partial charge on any atom is 0.416 e. The van der Waals surface area contributed by atoms with E-state index in [2.05, 4.69) is 15.3 Å². The summed E-state index contributed by atoms with van der Waals surface area (Å²) in [5, 5.41) is 2.68. The van der Waals surface area contributed by atoms with Crippen molar-refractivity contribution in [3.8, 4) is 0 Å². The van der Waals surface area contributed by atoms with Gasteiger partial charge in [0.2, 0.25) is 5.95 Å². The zero-order valence-electron chi connectivity index (χ0n) is 15.0. The molecule has 1 aliphatic heterocycles. The van der Waals surface area contributed by atoms with Crippen molar-refractivity contribution in [3.05, 3.63) is 41.6 Å². The molecular weight excluding hydrogens is 377 g/mol. The first-order valence-corrected chi connectivity index (χ1v) is 8.24. The standard InChI is InChI=1S/C17H17F3N6O2/c1-9-8-26(16(28)23-9)15-22-7-12(13(21)24-15)14(27)25(2)11-5-3-4-10(6-11)17(18,19)20/h3-7,9H,8H2,1-2H3,(H,23,28)(H2,21,22,24). The molecule has 1 aliphatic rings. The molecule has 1 fully saturated rings. The Kier molecular flexibility index (Phi) is 4.84. The lowest BCUT2D eigenvalue weighted by atomic mass is 10.1. The highest BCUT2D eigenvalue weighted by Gasteiger charge is 2.32. The Hall–Kier alpha value is -3.37. The number of benzene rings is 1. The Balaban J connectivity index is 1.85. The summed E-state index contributed by atoms with van der Waals surface area (Å²) < 4.78 is 38.7. The zero-order valence-corrected chi connectivity index (χ0v) is 15.0. The number of carbonyl (C=O) groups is 2. The molecule has 3 rings (SSSR count). The van der Waals surface area contributed by atoms with Crippen LogP contribution in [0, 0.1) is 0 Å². The third kappa shape index (κ3) is 3.68. The summed E-state index contributed by atoms with van der Waals surface area (Å²) in [4.78, 5) is 34.8. The molecule has 3 amide bonds. The second kappa shape index (κ2) is 6.98. The van der Waals surface area contributed by atoms with Crippen molar-refractivity contribution >= 4 is 29.4 Å². The van der Waals surface area contributed by atoms with Gasteiger partial charge in [-0.1, -0.05) is 6.07 Å². The van der Waals surface area contributed by atoms with Crippen LogP contribution in [0.1, 0.15) is 22.8 Å². The number of urea groups is 1. The van der Waals surface area contributed by atoms with E-state index in [-0.39, 0.29) is 35.1 Å². The number of nitrogen functional groups attached to an aromatic ring is 1. The number of halogens is 3. The van der Waals surface area contributed by atoms with Gasteiger partial charge >= 0.3 is 12.2 Å². The number of amides is 3. The Bertz CT molecular complexity index is 933. The van der Waals surface area contributed by atoms with Gasteiger partial charge in [0.25, 0.3) is 5.91 Å². The molecule has 148 valence electrons. The number of aromatic nitrogens is 2. The van der Waals surface area contributed by atoms with Crippen LogP contribution in [0.25, 0.3) is 0 Å². The first-order valence-electron chi connectivity index (χ1n) is 8.24. The number of rotatable bonds is 3. The third-order valence-electron chi connectivity index (χ3n) is 4.21. The minimum absolute atomic E-state index is 0.0380. The number of hydrogen-bond donors (Lipinski definition) is 2. The van der Waals surface area contributed by atoms with Crippen molar-refractivity contribution < 1.29 is 22.8 Å². The largest absolute Gasteiger partial charge is 0.416 e. The fourth-order valence-corrected chi connectivity index (χ4v) is 2.73. The maximum atomic E-state index is 12.9. The van der Waals surface area contributed by atoms with Crippen molar-refractivity contribution in [1.29, 1.82) is 0 Å². The zero-order chi connectivity index (χ0) is 20.6. The van der Waals surface area contributed by atoms with Gasteiger partial charge in [0.05, 0.1) is 12.1 Å². The van der Waals surface area contributed by atoms with E-state index in [4.69, 9.17) is 5.73 Å². The van der Waals surface area contributed by atoms with Gasteiger partial charge in [-0.15, -0.1) is 0 Å². The molecule has 0 saturated carbocycles. The Morgan fingerprint density at radius 1 is 1.39 bits per heavy atom. The van der Waals surface area contributed by atoms with Crippen molar-refractivity contribution in [1.82, 2.24) is 15.3 Å². The van der Waals surface area contributed by atoms with E-state index in [9.17, 15) is 22.8 Å². The summed E-state index contributed by atoms with van der Waals surface area (Å²) in [7, 11) is 1.32. The van der Waals surface area contributed by atoms with Gasteiger partial charge < -0.3 is 16.0 Å². The molecule has 0 bridgehead atoms. The quantitative estimate of drug-likeness (QED) is 0.831. The molecule has 1 saturated heterocycles. The van der Waals surface area contributed by atoms with E-state index >= 15 is 0 Å². The van der Waals surface area contributed by atoms with Gasteiger partial charge in [-0.25, -0.2) is 9.78 Å². The fraction of sp³-hybridized carbons (Fsp3) is 0.294. The first-order chi connectivity index (χ1) is 13.1. The number of alkyl halides is 3. The average Bonchev–Trinajstić information content (AvgIpc) is 2.98. The van der Waals surface area contributed by atoms with E-state index in [1.807, 2.05) is 6.92 Å². The smallest absolute Gasteiger partial charge is 0.383 e. The molecule has 1 unspecified atom stereocenters. The van der Waals surface area contributed by atoms with Crippen molar-refractivity contribution in [3.63, 3.8) is 0 Å². The van der Waals surface area contributed by atoms with E-state index in [1.54, 1.807) is 0 Å². The van der Waals surface area contributed by atoms with Gasteiger partial charge in [-0.05, 0) is 25.1 Å². The van der Waals surface area contributed by atoms with Crippen LogP contribution in [0.3, 0.4) is 0 Å². The molecule has 0 radical (unpaired) electrons. The number of carbonyl (C=O) groups excluding carboxylic acids is 2. The minimum Gasteiger partial charge on any atom is -0.383 e. The van der Waals surface area contributed by atoms with Gasteiger partial charge in [0.15, 0.2) is 0 Å². The summed E-state index contributed by atoms with van der Waals surface area (Å²) in [6.07, 6.45) is -3.38. The third-order valence-corrected chi connectivity index (χ3v) is 4.21. The summed E-state index contributed by atoms with van der Waals surface area (Å²) in [5.74, 6) is -0.818. The topological polar surface area (TPSA) is 104 Å². The van der Waals surface area contributed by atoms with Crippen LogP contribution in [0.5, 0.6) is 0 Å². The Morgan fingerprint density at radius 3 is 2.68 bits per heavy atom. The van der Waals surface area contributed by atoms with Crippen LogP contribution in [0.4, 0.5) is 35.4 Å². The average molecular weight is 394 g/mol. The lowest BCUT2D eigenvalue weighted by Gasteiger charge is -2.20. The van der Waals surface area contributed by atoms with Crippen LogP contribution in [0.15, 0.2) is 30.5 Å². The number of anilines is 3. The molecule has 2 aromatic rings. The summed E-state index contributed by atoms with van der Waals surface area (Å²) in [5.41, 5.74) is 4.92. The van der Waals surface area contributed by atoms with Crippen LogP contribution in [-0.4, -0.2) is 41.5 Å². The first kappa shape index (κ1) is 19.4. The molecule has 1 aromatic carbocycles. The van der Waals surface area contributed by atoms with Crippen LogP contribution in [0.2, 0.25) is 0 Å². The van der Waals surface area contributed by atoms with Gasteiger partial charge in [-0.2, -0.15) is 18.2 Å². The second-order valence-electron chi connectivity index (χ2n) is 6.34. The molecule has 8 nitrogen and oxygen atoms in total. The monoisotopic (exact) mass is 394 g/mol. The highest BCUT2D eigenvalue weighted by atomic mass is 19.4. The van der Waals surface area contributed by atoms with E-state index in [0.29, 0.717) is 6.54 Å². The van der Waals surface area contributed by atoms with Crippen molar-refractivity contribution in [2.24, 2.45) is 0 Å². The number of nitrogens with zero attached hydrogens (tertiary/aromatic N) is 4. The van der Waals surface area contributed by atoms with E-state index < -0.39 is 17.6 Å². The van der Waals surface area contributed by atoms with Crippen molar-refractivity contribution in [2.75, 3.05) is 29.1 Å². The molecular formula is C17H17F3N6O2. The Morgan fingerprint density at radius 2 is 2.11 bits per heavy atom. The molecule has 2 heterocycles. The van der Waals surface area contributed by atoms with Gasteiger partial charge in [0, 0.05) is 25.0 Å². The van der Waals surface area contributed by atoms with Crippen molar-refractivity contribution in [2.45, 2.75) is 19.1 Å². The molecule has 1 aromatic heterocycles. The van der Waals surface area contributed by atoms with E-state index in [1.165, 1.54) is 24.1 Å². The second-order valence-corrected chi connectivity index (χ2v) is 6.34. The summed E-state index contributed by atoms with van der Waals surface area (Å²) in [6.45, 7) is 2.15. The molecule has 3 N–H and O–H groups in total. The fourth-order valence-electron chi connectivity index (χ4n) is 2.73. The maximum absolute atomic E-state index is 12.9. The number of nitrogens with two attached hydrogens (primary N) is 1. The predicted molar refractivity (Wildman–Crippen MR) is 96.0 cm³/mol. The molecule has 1 atom stereocenters. The molecule has 0 aliphatic carbocycles. The minimum atomic E-state index is -4.53. The molecule has 0 spiro atoms. The highest BCUT2D eigenvalue weighted by Crippen LogP contribution is 2.32. The summed E-state index contributed by atoms with van der Waals surface area (Å²) >= 11 is 0. The number of hydrogen-bond acceptors (Lipinski definition) is 5. The number of nitrogens with one attached hydrogen (secondary N) is 1.